The van der Waals surface area contributed by atoms with E-state index in [1.807, 2.05) is 24.4 Å². The number of hydrogen-bond acceptors (Lipinski definition) is 2. The maximum atomic E-state index is 5.88. The Morgan fingerprint density at radius 1 is 1.05 bits per heavy atom. The normalized spacial score (nSPS) is 21.3. The minimum Gasteiger partial charge on any atom is -0.399 e. The number of benzene rings is 2. The molecule has 0 fully saturated rings. The van der Waals surface area contributed by atoms with Gasteiger partial charge in [-0.3, -0.25) is 4.99 Å². The van der Waals surface area contributed by atoms with Gasteiger partial charge in [0, 0.05) is 11.9 Å². The van der Waals surface area contributed by atoms with E-state index in [2.05, 4.69) is 43.1 Å². The van der Waals surface area contributed by atoms with Crippen LogP contribution in [0.25, 0.3) is 11.1 Å². The van der Waals surface area contributed by atoms with Crippen molar-refractivity contribution in [2.24, 2.45) is 10.9 Å². The van der Waals surface area contributed by atoms with Gasteiger partial charge in [-0.15, -0.1) is 0 Å². The van der Waals surface area contributed by atoms with Gasteiger partial charge in [-0.2, -0.15) is 0 Å². The highest BCUT2D eigenvalue weighted by Crippen LogP contribution is 2.38. The van der Waals surface area contributed by atoms with Gasteiger partial charge in [-0.1, -0.05) is 32.0 Å². The molecule has 1 aliphatic rings. The largest absolute Gasteiger partial charge is 0.399 e. The fraction of sp³-hybridized carbons (Fsp3) is 0.278. The first-order valence-corrected chi connectivity index (χ1v) is 7.17. The van der Waals surface area contributed by atoms with E-state index in [0.29, 0.717) is 11.8 Å². The molecule has 102 valence electrons. The first-order valence-electron chi connectivity index (χ1n) is 7.17. The second kappa shape index (κ2) is 5.12. The molecule has 2 heteroatoms. The third-order valence-corrected chi connectivity index (χ3v) is 4.30. The van der Waals surface area contributed by atoms with Gasteiger partial charge < -0.3 is 5.73 Å². The molecular weight excluding hydrogens is 244 g/mol. The molecule has 0 amide bonds. The quantitative estimate of drug-likeness (QED) is 0.739. The van der Waals surface area contributed by atoms with Crippen LogP contribution in [0.3, 0.4) is 0 Å². The summed E-state index contributed by atoms with van der Waals surface area (Å²) >= 11 is 0. The molecule has 0 saturated carbocycles. The standard InChI is InChI=1S/C18H20N2/c1-12-8-9-20-18-7-6-15(11-17(18)13(12)2)14-4-3-5-16(19)10-14/h3-7,9-13H,8,19H2,1-2H3. The number of anilines is 1. The number of hydrogen-bond donors (Lipinski definition) is 1. The molecule has 3 rings (SSSR count). The van der Waals surface area contributed by atoms with Crippen molar-refractivity contribution in [3.8, 4) is 11.1 Å². The number of nitrogens with two attached hydrogens (primary N) is 1. The lowest BCUT2D eigenvalue weighted by atomic mass is 9.85. The smallest absolute Gasteiger partial charge is 0.0660 e. The molecular formula is C18H20N2. The minimum atomic E-state index is 0.522. The molecule has 2 atom stereocenters. The second-order valence-electron chi connectivity index (χ2n) is 5.71. The summed E-state index contributed by atoms with van der Waals surface area (Å²) in [4.78, 5) is 4.59. The summed E-state index contributed by atoms with van der Waals surface area (Å²) in [5.74, 6) is 1.14. The Balaban J connectivity index is 2.09. The highest BCUT2D eigenvalue weighted by atomic mass is 14.7. The molecule has 0 bridgehead atoms. The first-order chi connectivity index (χ1) is 9.65. The molecule has 0 aliphatic carbocycles. The maximum Gasteiger partial charge on any atom is 0.0660 e. The predicted molar refractivity (Wildman–Crippen MR) is 86.6 cm³/mol. The molecule has 0 saturated heterocycles. The molecule has 1 heterocycles. The third-order valence-electron chi connectivity index (χ3n) is 4.30. The van der Waals surface area contributed by atoms with Crippen molar-refractivity contribution < 1.29 is 0 Å². The Morgan fingerprint density at radius 3 is 2.65 bits per heavy atom. The summed E-state index contributed by atoms with van der Waals surface area (Å²) < 4.78 is 0. The van der Waals surface area contributed by atoms with Crippen molar-refractivity contribution in [2.75, 3.05) is 5.73 Å². The number of aliphatic imine (C=N–C) groups is 1. The molecule has 2 N–H and O–H groups in total. The Bertz CT molecular complexity index is 658. The van der Waals surface area contributed by atoms with Crippen LogP contribution in [-0.4, -0.2) is 6.21 Å². The highest BCUT2D eigenvalue weighted by molar-refractivity contribution is 5.73. The molecule has 0 spiro atoms. The van der Waals surface area contributed by atoms with Gasteiger partial charge in [0.05, 0.1) is 5.69 Å². The van der Waals surface area contributed by atoms with Crippen LogP contribution < -0.4 is 5.73 Å². The van der Waals surface area contributed by atoms with Crippen molar-refractivity contribution in [3.05, 3.63) is 48.0 Å². The number of rotatable bonds is 1. The highest BCUT2D eigenvalue weighted by Gasteiger charge is 2.19. The average molecular weight is 264 g/mol. The fourth-order valence-corrected chi connectivity index (χ4v) is 2.76. The minimum absolute atomic E-state index is 0.522. The van der Waals surface area contributed by atoms with Crippen molar-refractivity contribution in [1.29, 1.82) is 0 Å². The van der Waals surface area contributed by atoms with Crippen LogP contribution in [0.1, 0.15) is 31.7 Å². The van der Waals surface area contributed by atoms with E-state index in [4.69, 9.17) is 5.73 Å². The van der Waals surface area contributed by atoms with Crippen LogP contribution in [0.4, 0.5) is 11.4 Å². The Kier molecular flexibility index (Phi) is 3.31. The lowest BCUT2D eigenvalue weighted by Crippen LogP contribution is -2.05. The van der Waals surface area contributed by atoms with Gasteiger partial charge >= 0.3 is 0 Å². The van der Waals surface area contributed by atoms with Gasteiger partial charge in [-0.25, -0.2) is 0 Å². The number of fused-ring (bicyclic) bond motifs is 1. The molecule has 2 unspecified atom stereocenters. The lowest BCUT2D eigenvalue weighted by Gasteiger charge is -2.19. The van der Waals surface area contributed by atoms with Gasteiger partial charge in [-0.05, 0) is 59.2 Å². The van der Waals surface area contributed by atoms with Crippen LogP contribution in [-0.2, 0) is 0 Å². The lowest BCUT2D eigenvalue weighted by molar-refractivity contribution is 0.513. The second-order valence-corrected chi connectivity index (χ2v) is 5.71. The zero-order chi connectivity index (χ0) is 14.1. The summed E-state index contributed by atoms with van der Waals surface area (Å²) in [5, 5.41) is 0. The van der Waals surface area contributed by atoms with Crippen LogP contribution in [0.5, 0.6) is 0 Å². The number of nitrogen functional groups attached to an aromatic ring is 1. The van der Waals surface area contributed by atoms with E-state index in [1.54, 1.807) is 0 Å². The van der Waals surface area contributed by atoms with E-state index in [-0.39, 0.29) is 0 Å². The van der Waals surface area contributed by atoms with E-state index < -0.39 is 0 Å². The Labute approximate surface area is 120 Å². The Hall–Kier alpha value is -2.09. The summed E-state index contributed by atoms with van der Waals surface area (Å²) in [6.45, 7) is 4.58. The third kappa shape index (κ3) is 2.34. The van der Waals surface area contributed by atoms with Crippen molar-refractivity contribution in [2.45, 2.75) is 26.2 Å². The van der Waals surface area contributed by atoms with E-state index in [0.717, 1.165) is 17.8 Å². The Morgan fingerprint density at radius 2 is 1.85 bits per heavy atom. The van der Waals surface area contributed by atoms with Crippen molar-refractivity contribution >= 4 is 17.6 Å². The monoisotopic (exact) mass is 264 g/mol. The summed E-state index contributed by atoms with van der Waals surface area (Å²) in [6.07, 6.45) is 3.09. The molecule has 2 aromatic carbocycles. The van der Waals surface area contributed by atoms with Crippen LogP contribution in [0.15, 0.2) is 47.5 Å². The molecule has 0 radical (unpaired) electrons. The topological polar surface area (TPSA) is 38.4 Å². The van der Waals surface area contributed by atoms with E-state index >= 15 is 0 Å². The SMILES string of the molecule is CC1CC=Nc2ccc(-c3cccc(N)c3)cc2C1C. The molecule has 0 aromatic heterocycles. The molecule has 20 heavy (non-hydrogen) atoms. The van der Waals surface area contributed by atoms with E-state index in [9.17, 15) is 0 Å². The zero-order valence-electron chi connectivity index (χ0n) is 12.0. The van der Waals surface area contributed by atoms with Crippen molar-refractivity contribution in [1.82, 2.24) is 0 Å². The maximum absolute atomic E-state index is 5.88. The zero-order valence-corrected chi connectivity index (χ0v) is 12.0. The first kappa shape index (κ1) is 12.9. The summed E-state index contributed by atoms with van der Waals surface area (Å²) in [5.41, 5.74) is 11.5. The van der Waals surface area contributed by atoms with Gasteiger partial charge in [0.2, 0.25) is 0 Å². The van der Waals surface area contributed by atoms with Crippen LogP contribution in [0.2, 0.25) is 0 Å². The average Bonchev–Trinajstić information content (AvgIpc) is 2.59. The molecule has 2 aromatic rings. The summed E-state index contributed by atoms with van der Waals surface area (Å²) in [6, 6.07) is 14.6. The number of nitrogens with zero attached hydrogens (tertiary/aromatic N) is 1. The van der Waals surface area contributed by atoms with Gasteiger partial charge in [0.25, 0.3) is 0 Å². The molecule has 2 nitrogen and oxygen atoms in total. The predicted octanol–water partition coefficient (Wildman–Crippen LogP) is 4.78. The van der Waals surface area contributed by atoms with E-state index in [1.165, 1.54) is 16.7 Å². The van der Waals surface area contributed by atoms with Crippen LogP contribution in [0, 0.1) is 5.92 Å². The fourth-order valence-electron chi connectivity index (χ4n) is 2.76. The summed E-state index contributed by atoms with van der Waals surface area (Å²) in [7, 11) is 0. The van der Waals surface area contributed by atoms with Gasteiger partial charge in [0.1, 0.15) is 0 Å². The van der Waals surface area contributed by atoms with Crippen LogP contribution >= 0.6 is 0 Å². The molecule has 1 aliphatic heterocycles. The van der Waals surface area contributed by atoms with Crippen molar-refractivity contribution in [3.63, 3.8) is 0 Å². The van der Waals surface area contributed by atoms with Gasteiger partial charge in [0.15, 0.2) is 0 Å².